The van der Waals surface area contributed by atoms with Crippen molar-refractivity contribution in [3.8, 4) is 0 Å². The highest BCUT2D eigenvalue weighted by Crippen LogP contribution is 2.37. The van der Waals surface area contributed by atoms with Crippen molar-refractivity contribution in [2.75, 3.05) is 38.6 Å². The number of piperidine rings is 1. The van der Waals surface area contributed by atoms with E-state index in [0.717, 1.165) is 30.2 Å². The number of hydrogen-bond donors (Lipinski definition) is 0. The van der Waals surface area contributed by atoms with Gasteiger partial charge in [-0.1, -0.05) is 6.42 Å². The van der Waals surface area contributed by atoms with E-state index in [1.807, 2.05) is 6.92 Å². The fourth-order valence-corrected chi connectivity index (χ4v) is 4.33. The monoisotopic (exact) mass is 371 g/mol. The van der Waals surface area contributed by atoms with Gasteiger partial charge in [0.1, 0.15) is 6.54 Å². The van der Waals surface area contributed by atoms with Crippen molar-refractivity contribution in [2.24, 2.45) is 5.92 Å². The summed E-state index contributed by atoms with van der Waals surface area (Å²) in [5.74, 6) is 1.32. The number of fused-ring (bicyclic) bond motifs is 4. The second kappa shape index (κ2) is 7.09. The molecule has 2 bridgehead atoms. The molecule has 2 amide bonds. The number of nitrogens with zero attached hydrogens (tertiary/aromatic N) is 5. The minimum absolute atomic E-state index is 0.0264. The third kappa shape index (κ3) is 3.51. The van der Waals surface area contributed by atoms with E-state index in [-0.39, 0.29) is 30.3 Å². The van der Waals surface area contributed by atoms with Crippen molar-refractivity contribution >= 4 is 17.8 Å². The second-order valence-corrected chi connectivity index (χ2v) is 8.45. The third-order valence-corrected chi connectivity index (χ3v) is 6.27. The molecule has 2 atom stereocenters. The number of aromatic nitrogens is 2. The summed E-state index contributed by atoms with van der Waals surface area (Å²) in [6.07, 6.45) is 5.52. The van der Waals surface area contributed by atoms with Crippen LogP contribution in [0.2, 0.25) is 0 Å². The molecule has 1 aromatic rings. The molecule has 146 valence electrons. The van der Waals surface area contributed by atoms with E-state index in [0.29, 0.717) is 19.0 Å². The van der Waals surface area contributed by atoms with Gasteiger partial charge in [-0.2, -0.15) is 0 Å². The van der Waals surface area contributed by atoms with Crippen molar-refractivity contribution in [2.45, 2.75) is 51.0 Å². The lowest BCUT2D eigenvalue weighted by molar-refractivity contribution is -0.145. The fourth-order valence-electron chi connectivity index (χ4n) is 4.33. The Morgan fingerprint density at radius 2 is 1.93 bits per heavy atom. The smallest absolute Gasteiger partial charge is 0.241 e. The average Bonchev–Trinajstić information content (AvgIpc) is 2.85. The summed E-state index contributed by atoms with van der Waals surface area (Å²) in [5.41, 5.74) is 2.13. The maximum absolute atomic E-state index is 12.9. The minimum Gasteiger partial charge on any atom is -0.347 e. The number of carbonyl (C=O) groups is 2. The van der Waals surface area contributed by atoms with Gasteiger partial charge in [-0.05, 0) is 38.7 Å². The minimum atomic E-state index is -0.0741. The van der Waals surface area contributed by atoms with E-state index >= 15 is 0 Å². The molecule has 27 heavy (non-hydrogen) atoms. The van der Waals surface area contributed by atoms with E-state index < -0.39 is 0 Å². The highest BCUT2D eigenvalue weighted by molar-refractivity contribution is 5.87. The summed E-state index contributed by atoms with van der Waals surface area (Å²) in [6, 6.07) is 2.16. The van der Waals surface area contributed by atoms with E-state index in [1.54, 1.807) is 23.9 Å². The van der Waals surface area contributed by atoms with Crippen LogP contribution < -0.4 is 4.90 Å². The molecule has 0 unspecified atom stereocenters. The summed E-state index contributed by atoms with van der Waals surface area (Å²) in [5, 5.41) is 0. The maximum atomic E-state index is 12.9. The Balaban J connectivity index is 1.57. The molecule has 4 fully saturated rings. The van der Waals surface area contributed by atoms with Gasteiger partial charge in [-0.25, -0.2) is 9.97 Å². The molecular formula is C20H29N5O2. The van der Waals surface area contributed by atoms with Crippen molar-refractivity contribution in [3.05, 3.63) is 17.5 Å². The number of anilines is 1. The molecular weight excluding hydrogens is 342 g/mol. The Kier molecular flexibility index (Phi) is 4.78. The van der Waals surface area contributed by atoms with Gasteiger partial charge in [0.25, 0.3) is 0 Å². The Bertz CT molecular complexity index is 746. The normalized spacial score (nSPS) is 25.4. The first-order valence-corrected chi connectivity index (χ1v) is 10.0. The number of carbonyl (C=O) groups excluding carboxylic acids is 2. The molecule has 3 aliphatic heterocycles. The lowest BCUT2D eigenvalue weighted by atomic mass is 9.83. The van der Waals surface area contributed by atoms with Crippen LogP contribution in [0.3, 0.4) is 0 Å². The van der Waals surface area contributed by atoms with Crippen LogP contribution in [-0.4, -0.2) is 71.4 Å². The predicted octanol–water partition coefficient (Wildman–Crippen LogP) is 1.57. The molecule has 1 aliphatic carbocycles. The number of rotatable bonds is 4. The quantitative estimate of drug-likeness (QED) is 0.804. The van der Waals surface area contributed by atoms with Gasteiger partial charge in [0.2, 0.25) is 17.8 Å². The molecule has 1 aromatic heterocycles. The lowest BCUT2D eigenvalue weighted by Crippen LogP contribution is -2.51. The zero-order chi connectivity index (χ0) is 19.1. The molecule has 4 aliphatic rings. The van der Waals surface area contributed by atoms with Crippen LogP contribution in [0.4, 0.5) is 5.95 Å². The van der Waals surface area contributed by atoms with Gasteiger partial charge in [-0.15, -0.1) is 0 Å². The van der Waals surface area contributed by atoms with Crippen LogP contribution in [0.15, 0.2) is 6.07 Å². The highest BCUT2D eigenvalue weighted by atomic mass is 16.2. The highest BCUT2D eigenvalue weighted by Gasteiger charge is 2.42. The van der Waals surface area contributed by atoms with Gasteiger partial charge >= 0.3 is 0 Å². The van der Waals surface area contributed by atoms with Crippen molar-refractivity contribution in [1.82, 2.24) is 19.8 Å². The fraction of sp³-hybridized carbons (Fsp3) is 0.700. The van der Waals surface area contributed by atoms with Gasteiger partial charge < -0.3 is 14.7 Å². The van der Waals surface area contributed by atoms with E-state index in [4.69, 9.17) is 4.98 Å². The number of hydrogen-bond acceptors (Lipinski definition) is 5. The van der Waals surface area contributed by atoms with Gasteiger partial charge in [0.15, 0.2) is 0 Å². The molecule has 3 saturated heterocycles. The summed E-state index contributed by atoms with van der Waals surface area (Å²) >= 11 is 0. The van der Waals surface area contributed by atoms with E-state index in [2.05, 4.69) is 16.0 Å². The maximum Gasteiger partial charge on any atom is 0.241 e. The standard InChI is InChI=1S/C20H29N5O2/c1-13-9-17(14-5-4-6-14)22-20(21-13)24-10-15-7-8-16(11-24)25(19(15)27)12-18(26)23(2)3/h9,14-16H,4-8,10-12H2,1-3H3/t15-,16+/m0/s1. The zero-order valence-electron chi connectivity index (χ0n) is 16.5. The van der Waals surface area contributed by atoms with E-state index in [1.165, 1.54) is 19.3 Å². The summed E-state index contributed by atoms with van der Waals surface area (Å²) in [7, 11) is 3.47. The van der Waals surface area contributed by atoms with Crippen LogP contribution in [0.25, 0.3) is 0 Å². The van der Waals surface area contributed by atoms with Crippen molar-refractivity contribution in [3.63, 3.8) is 0 Å². The SMILES string of the molecule is Cc1cc(C2CCC2)nc(N2C[C@@H]3CC[C@H](C2)N(CC(=O)N(C)C)C3=O)n1. The summed E-state index contributed by atoms with van der Waals surface area (Å²) in [6.45, 7) is 3.54. The average molecular weight is 371 g/mol. The first kappa shape index (κ1) is 18.2. The van der Waals surface area contributed by atoms with Gasteiger partial charge in [0.05, 0.1) is 5.92 Å². The van der Waals surface area contributed by atoms with Crippen LogP contribution in [0.5, 0.6) is 0 Å². The lowest BCUT2D eigenvalue weighted by Gasteiger charge is -2.35. The molecule has 1 saturated carbocycles. The first-order chi connectivity index (χ1) is 12.9. The number of likely N-dealkylation sites (N-methyl/N-ethyl adjacent to an activating group) is 1. The van der Waals surface area contributed by atoms with Crippen LogP contribution in [0.1, 0.15) is 49.4 Å². The Labute approximate surface area is 160 Å². The van der Waals surface area contributed by atoms with Crippen LogP contribution >= 0.6 is 0 Å². The largest absolute Gasteiger partial charge is 0.347 e. The number of amides is 2. The summed E-state index contributed by atoms with van der Waals surface area (Å²) in [4.78, 5) is 40.2. The van der Waals surface area contributed by atoms with Crippen LogP contribution in [-0.2, 0) is 9.59 Å². The van der Waals surface area contributed by atoms with E-state index in [9.17, 15) is 9.59 Å². The Morgan fingerprint density at radius 1 is 1.15 bits per heavy atom. The number of aryl methyl sites for hydroxylation is 1. The summed E-state index contributed by atoms with van der Waals surface area (Å²) < 4.78 is 0. The zero-order valence-corrected chi connectivity index (χ0v) is 16.5. The first-order valence-electron chi connectivity index (χ1n) is 10.0. The van der Waals surface area contributed by atoms with Gasteiger partial charge in [-0.3, -0.25) is 9.59 Å². The molecule has 0 N–H and O–H groups in total. The van der Waals surface area contributed by atoms with Crippen molar-refractivity contribution < 1.29 is 9.59 Å². The van der Waals surface area contributed by atoms with Gasteiger partial charge in [0, 0.05) is 50.5 Å². The molecule has 7 heteroatoms. The molecule has 7 nitrogen and oxygen atoms in total. The van der Waals surface area contributed by atoms with Crippen LogP contribution in [0, 0.1) is 12.8 Å². The molecule has 5 rings (SSSR count). The third-order valence-electron chi connectivity index (χ3n) is 6.27. The Hall–Kier alpha value is -2.18. The van der Waals surface area contributed by atoms with Crippen molar-refractivity contribution in [1.29, 1.82) is 0 Å². The predicted molar refractivity (Wildman–Crippen MR) is 102 cm³/mol. The molecule has 4 heterocycles. The topological polar surface area (TPSA) is 69.6 Å². The molecule has 0 radical (unpaired) electrons. The molecule has 0 spiro atoms. The second-order valence-electron chi connectivity index (χ2n) is 8.45. The molecule has 0 aromatic carbocycles. The Morgan fingerprint density at radius 3 is 2.59 bits per heavy atom.